The summed E-state index contributed by atoms with van der Waals surface area (Å²) in [6.45, 7) is 2.49. The summed E-state index contributed by atoms with van der Waals surface area (Å²) in [5, 5.41) is 6.41. The number of hydrogen-bond acceptors (Lipinski definition) is 5. The van der Waals surface area contributed by atoms with E-state index in [0.29, 0.717) is 30.1 Å². The fourth-order valence-electron chi connectivity index (χ4n) is 2.00. The van der Waals surface area contributed by atoms with Crippen molar-refractivity contribution in [1.29, 1.82) is 0 Å². The minimum Gasteiger partial charge on any atom is -0.326 e. The molecule has 0 unspecified atom stereocenters. The molecule has 1 aromatic carbocycles. The van der Waals surface area contributed by atoms with E-state index in [9.17, 15) is 8.42 Å². The Bertz CT molecular complexity index is 683. The van der Waals surface area contributed by atoms with Crippen LogP contribution in [0.5, 0.6) is 0 Å². The first-order valence-electron chi connectivity index (χ1n) is 6.72. The van der Waals surface area contributed by atoms with Crippen molar-refractivity contribution in [2.45, 2.75) is 31.2 Å². The van der Waals surface area contributed by atoms with Crippen molar-refractivity contribution in [2.24, 2.45) is 5.73 Å². The maximum Gasteiger partial charge on any atom is 0.240 e. The summed E-state index contributed by atoms with van der Waals surface area (Å²) in [5.41, 5.74) is 7.15. The minimum absolute atomic E-state index is 0.257. The smallest absolute Gasteiger partial charge is 0.240 e. The molecule has 0 amide bonds. The van der Waals surface area contributed by atoms with Gasteiger partial charge in [-0.25, -0.2) is 18.1 Å². The predicted molar refractivity (Wildman–Crippen MR) is 79.0 cm³/mol. The van der Waals surface area contributed by atoms with E-state index in [2.05, 4.69) is 19.9 Å². The van der Waals surface area contributed by atoms with Crippen LogP contribution in [0.2, 0.25) is 0 Å². The molecule has 114 valence electrons. The average Bonchev–Trinajstić information content (AvgIpc) is 2.99. The Morgan fingerprint density at radius 1 is 1.38 bits per heavy atom. The molecule has 4 N–H and O–H groups in total. The number of nitrogens with one attached hydrogen (secondary N) is 2. The van der Waals surface area contributed by atoms with Gasteiger partial charge in [0.2, 0.25) is 10.0 Å². The van der Waals surface area contributed by atoms with Gasteiger partial charge in [0, 0.05) is 19.5 Å². The number of nitrogens with zero attached hydrogens (tertiary/aromatic N) is 2. The lowest BCUT2D eigenvalue weighted by Crippen LogP contribution is -2.27. The van der Waals surface area contributed by atoms with Gasteiger partial charge >= 0.3 is 0 Å². The number of nitrogens with two attached hydrogens (primary N) is 1. The number of benzene rings is 1. The third-order valence-corrected chi connectivity index (χ3v) is 4.70. The van der Waals surface area contributed by atoms with Gasteiger partial charge in [-0.1, -0.05) is 19.1 Å². The van der Waals surface area contributed by atoms with E-state index in [1.807, 2.05) is 19.1 Å². The second kappa shape index (κ2) is 6.79. The normalized spacial score (nSPS) is 11.7. The number of hydrogen-bond donors (Lipinski definition) is 3. The van der Waals surface area contributed by atoms with Crippen LogP contribution in [-0.2, 0) is 29.4 Å². The summed E-state index contributed by atoms with van der Waals surface area (Å²) in [6, 6.07) is 5.30. The Hall–Kier alpha value is -1.77. The van der Waals surface area contributed by atoms with Crippen LogP contribution in [0.3, 0.4) is 0 Å². The zero-order valence-electron chi connectivity index (χ0n) is 11.8. The summed E-state index contributed by atoms with van der Waals surface area (Å²) in [4.78, 5) is 4.25. The molecule has 7 nitrogen and oxygen atoms in total. The van der Waals surface area contributed by atoms with Gasteiger partial charge in [-0.2, -0.15) is 5.10 Å². The fraction of sp³-hybridized carbons (Fsp3) is 0.385. The molecule has 0 saturated carbocycles. The van der Waals surface area contributed by atoms with Gasteiger partial charge in [-0.15, -0.1) is 0 Å². The van der Waals surface area contributed by atoms with Gasteiger partial charge < -0.3 is 5.73 Å². The third-order valence-electron chi connectivity index (χ3n) is 3.16. The molecule has 0 radical (unpaired) electrons. The first-order chi connectivity index (χ1) is 10.1. The van der Waals surface area contributed by atoms with Crippen LogP contribution in [0.1, 0.15) is 23.9 Å². The van der Waals surface area contributed by atoms with Crippen LogP contribution in [-0.4, -0.2) is 30.1 Å². The van der Waals surface area contributed by atoms with Crippen molar-refractivity contribution in [3.63, 3.8) is 0 Å². The van der Waals surface area contributed by atoms with E-state index in [4.69, 9.17) is 5.73 Å². The summed E-state index contributed by atoms with van der Waals surface area (Å²) >= 11 is 0. The summed E-state index contributed by atoms with van der Waals surface area (Å²) in [7, 11) is -3.56. The zero-order valence-corrected chi connectivity index (χ0v) is 12.7. The van der Waals surface area contributed by atoms with Crippen LogP contribution in [0.4, 0.5) is 0 Å². The fourth-order valence-corrected chi connectivity index (χ4v) is 3.39. The van der Waals surface area contributed by atoms with Crippen molar-refractivity contribution in [2.75, 3.05) is 6.54 Å². The van der Waals surface area contributed by atoms with Crippen molar-refractivity contribution in [3.8, 4) is 0 Å². The number of sulfonamides is 1. The van der Waals surface area contributed by atoms with Crippen LogP contribution < -0.4 is 10.5 Å². The Balaban J connectivity index is 2.14. The van der Waals surface area contributed by atoms with Crippen LogP contribution in [0, 0.1) is 0 Å². The molecule has 8 heteroatoms. The molecule has 0 bridgehead atoms. The number of aromatic nitrogens is 3. The van der Waals surface area contributed by atoms with Gasteiger partial charge in [0.15, 0.2) is 0 Å². The molecule has 21 heavy (non-hydrogen) atoms. The quantitative estimate of drug-likeness (QED) is 0.683. The number of aromatic amines is 1. The first-order valence-corrected chi connectivity index (χ1v) is 8.21. The largest absolute Gasteiger partial charge is 0.326 e. The van der Waals surface area contributed by atoms with E-state index in [1.54, 1.807) is 6.07 Å². The number of rotatable bonds is 7. The van der Waals surface area contributed by atoms with Crippen molar-refractivity contribution < 1.29 is 8.42 Å². The summed E-state index contributed by atoms with van der Waals surface area (Å²) in [5.74, 6) is 0.643. The molecular formula is C13H19N5O2S. The minimum atomic E-state index is -3.56. The van der Waals surface area contributed by atoms with Crippen molar-refractivity contribution in [3.05, 3.63) is 41.5 Å². The Labute approximate surface area is 124 Å². The van der Waals surface area contributed by atoms with Crippen molar-refractivity contribution >= 4 is 10.0 Å². The topological polar surface area (TPSA) is 114 Å². The Kier molecular flexibility index (Phi) is 5.05. The molecular weight excluding hydrogens is 290 g/mol. The molecule has 1 aromatic heterocycles. The molecule has 0 spiro atoms. The van der Waals surface area contributed by atoms with Gasteiger partial charge in [0.1, 0.15) is 12.2 Å². The first kappa shape index (κ1) is 15.6. The number of H-pyrrole nitrogens is 1. The molecule has 0 aliphatic carbocycles. The van der Waals surface area contributed by atoms with Crippen molar-refractivity contribution in [1.82, 2.24) is 19.9 Å². The second-order valence-electron chi connectivity index (χ2n) is 4.58. The van der Waals surface area contributed by atoms with E-state index >= 15 is 0 Å². The molecule has 0 aliphatic rings. The Morgan fingerprint density at radius 2 is 2.19 bits per heavy atom. The molecule has 0 aliphatic heterocycles. The van der Waals surface area contributed by atoms with Crippen LogP contribution in [0.15, 0.2) is 29.4 Å². The highest BCUT2D eigenvalue weighted by Crippen LogP contribution is 2.18. The lowest BCUT2D eigenvalue weighted by atomic mass is 10.1. The Morgan fingerprint density at radius 3 is 2.81 bits per heavy atom. The van der Waals surface area contributed by atoms with E-state index < -0.39 is 10.0 Å². The average molecular weight is 309 g/mol. The standard InChI is InChI=1S/C13H19N5O2S/c1-2-11-4-3-10(8-14)7-12(11)21(19,20)17-6-5-13-15-9-16-18-13/h3-4,7,9,17H,2,5-6,8,14H2,1H3,(H,15,16,18). The molecule has 0 saturated heterocycles. The maximum absolute atomic E-state index is 12.4. The van der Waals surface area contributed by atoms with Gasteiger partial charge in [-0.05, 0) is 23.6 Å². The highest BCUT2D eigenvalue weighted by Gasteiger charge is 2.18. The second-order valence-corrected chi connectivity index (χ2v) is 6.32. The molecule has 2 aromatic rings. The summed E-state index contributed by atoms with van der Waals surface area (Å²) in [6.07, 6.45) is 2.49. The molecule has 2 rings (SSSR count). The van der Waals surface area contributed by atoms with Gasteiger partial charge in [-0.3, -0.25) is 5.10 Å². The van der Waals surface area contributed by atoms with Gasteiger partial charge in [0.05, 0.1) is 4.90 Å². The van der Waals surface area contributed by atoms with Gasteiger partial charge in [0.25, 0.3) is 0 Å². The highest BCUT2D eigenvalue weighted by molar-refractivity contribution is 7.89. The van der Waals surface area contributed by atoms with E-state index in [0.717, 1.165) is 11.1 Å². The monoisotopic (exact) mass is 309 g/mol. The highest BCUT2D eigenvalue weighted by atomic mass is 32.2. The van der Waals surface area contributed by atoms with Crippen LogP contribution >= 0.6 is 0 Å². The maximum atomic E-state index is 12.4. The predicted octanol–water partition coefficient (Wildman–Crippen LogP) is 0.347. The summed E-state index contributed by atoms with van der Waals surface area (Å²) < 4.78 is 27.4. The van der Waals surface area contributed by atoms with E-state index in [-0.39, 0.29) is 6.54 Å². The zero-order chi connectivity index (χ0) is 15.3. The SMILES string of the molecule is CCc1ccc(CN)cc1S(=O)(=O)NCCc1ncn[nH]1. The third kappa shape index (κ3) is 3.87. The molecule has 0 fully saturated rings. The number of aryl methyl sites for hydroxylation is 1. The van der Waals surface area contributed by atoms with Crippen LogP contribution in [0.25, 0.3) is 0 Å². The molecule has 0 atom stereocenters. The lowest BCUT2D eigenvalue weighted by molar-refractivity contribution is 0.579. The lowest BCUT2D eigenvalue weighted by Gasteiger charge is -2.11. The van der Waals surface area contributed by atoms with E-state index in [1.165, 1.54) is 6.33 Å². The molecule has 1 heterocycles.